The Morgan fingerprint density at radius 3 is 2.64 bits per heavy atom. The highest BCUT2D eigenvalue weighted by molar-refractivity contribution is 5.90. The Morgan fingerprint density at radius 1 is 1.29 bits per heavy atom. The molecule has 1 aliphatic heterocycles. The molecule has 14 heavy (non-hydrogen) atoms. The number of aryl methyl sites for hydroxylation is 1. The van der Waals surface area contributed by atoms with Crippen molar-refractivity contribution in [3.05, 3.63) is 47.7 Å². The van der Waals surface area contributed by atoms with E-state index in [1.165, 1.54) is 17.9 Å². The van der Waals surface area contributed by atoms with E-state index in [4.69, 9.17) is 4.74 Å². The molecule has 0 aromatic heterocycles. The summed E-state index contributed by atoms with van der Waals surface area (Å²) in [5, 5.41) is 0. The minimum atomic E-state index is -0.104. The zero-order valence-electron chi connectivity index (χ0n) is 8.07. The number of carbonyl (C=O) groups is 1. The van der Waals surface area contributed by atoms with Crippen LogP contribution in [0.1, 0.15) is 23.7 Å². The summed E-state index contributed by atoms with van der Waals surface area (Å²) in [6, 6.07) is 8.07. The van der Waals surface area contributed by atoms with Gasteiger partial charge in [-0.2, -0.15) is 0 Å². The number of allylic oxidation sites excluding steroid dienone is 1. The second-order valence-corrected chi connectivity index (χ2v) is 3.51. The summed E-state index contributed by atoms with van der Waals surface area (Å²) in [5.74, 6) is 0.127. The highest BCUT2D eigenvalue weighted by Gasteiger charge is 2.17. The van der Waals surface area contributed by atoms with Crippen LogP contribution in [0.3, 0.4) is 0 Å². The van der Waals surface area contributed by atoms with Crippen molar-refractivity contribution in [3.8, 4) is 0 Å². The lowest BCUT2D eigenvalue weighted by Gasteiger charge is -2.18. The fourth-order valence-corrected chi connectivity index (χ4v) is 1.49. The number of hydrogen-bond acceptors (Lipinski definition) is 2. The molecule has 72 valence electrons. The molecule has 0 N–H and O–H groups in total. The van der Waals surface area contributed by atoms with Crippen molar-refractivity contribution in [2.75, 3.05) is 0 Å². The maximum Gasteiger partial charge on any atom is 0.162 e. The zero-order chi connectivity index (χ0) is 9.97. The molecule has 1 aliphatic rings. The molecule has 2 heteroatoms. The third kappa shape index (κ3) is 1.84. The molecule has 0 radical (unpaired) electrons. The van der Waals surface area contributed by atoms with E-state index < -0.39 is 0 Å². The van der Waals surface area contributed by atoms with E-state index in [0.717, 1.165) is 5.56 Å². The van der Waals surface area contributed by atoms with Gasteiger partial charge >= 0.3 is 0 Å². The predicted octanol–water partition coefficient (Wildman–Crippen LogP) is 2.54. The summed E-state index contributed by atoms with van der Waals surface area (Å²) in [4.78, 5) is 11.1. The normalized spacial score (nSPS) is 20.6. The molecule has 2 rings (SSSR count). The molecular formula is C12H12O2. The maximum absolute atomic E-state index is 11.1. The molecule has 0 unspecified atom stereocenters. The first-order valence-electron chi connectivity index (χ1n) is 4.67. The molecule has 0 spiro atoms. The van der Waals surface area contributed by atoms with Crippen LogP contribution in [0, 0.1) is 6.92 Å². The second kappa shape index (κ2) is 3.66. The van der Waals surface area contributed by atoms with Gasteiger partial charge in [0.25, 0.3) is 0 Å². The van der Waals surface area contributed by atoms with Crippen LogP contribution in [0.5, 0.6) is 0 Å². The van der Waals surface area contributed by atoms with Crippen LogP contribution in [0.25, 0.3) is 0 Å². The topological polar surface area (TPSA) is 26.3 Å². The summed E-state index contributed by atoms with van der Waals surface area (Å²) in [7, 11) is 0. The molecule has 0 bridgehead atoms. The average Bonchev–Trinajstić information content (AvgIpc) is 2.19. The van der Waals surface area contributed by atoms with E-state index in [9.17, 15) is 4.79 Å². The summed E-state index contributed by atoms with van der Waals surface area (Å²) in [5.41, 5.74) is 2.28. The van der Waals surface area contributed by atoms with Crippen LogP contribution >= 0.6 is 0 Å². The quantitative estimate of drug-likeness (QED) is 0.677. The van der Waals surface area contributed by atoms with E-state index in [1.807, 2.05) is 31.2 Å². The highest BCUT2D eigenvalue weighted by atomic mass is 16.5. The molecule has 1 heterocycles. The van der Waals surface area contributed by atoms with Gasteiger partial charge in [0, 0.05) is 6.08 Å². The summed E-state index contributed by atoms with van der Waals surface area (Å²) in [6.07, 6.45) is 3.30. The molecule has 0 saturated carbocycles. The Kier molecular flexibility index (Phi) is 2.35. The SMILES string of the molecule is Cc1ccc([C@H]2CC(=O)C=CO2)cc1. The van der Waals surface area contributed by atoms with Crippen molar-refractivity contribution < 1.29 is 9.53 Å². The lowest BCUT2D eigenvalue weighted by molar-refractivity contribution is -0.118. The van der Waals surface area contributed by atoms with Gasteiger partial charge in [0.2, 0.25) is 0 Å². The van der Waals surface area contributed by atoms with Crippen molar-refractivity contribution in [1.82, 2.24) is 0 Å². The smallest absolute Gasteiger partial charge is 0.162 e. The van der Waals surface area contributed by atoms with Crippen LogP contribution in [-0.2, 0) is 9.53 Å². The lowest BCUT2D eigenvalue weighted by Crippen LogP contribution is -2.11. The molecule has 0 aliphatic carbocycles. The average molecular weight is 188 g/mol. The van der Waals surface area contributed by atoms with Crippen molar-refractivity contribution >= 4 is 5.78 Å². The van der Waals surface area contributed by atoms with E-state index in [2.05, 4.69) is 0 Å². The first-order chi connectivity index (χ1) is 6.75. The Balaban J connectivity index is 2.19. The standard InChI is InChI=1S/C12H12O2/c1-9-2-4-10(5-3-9)12-8-11(13)6-7-14-12/h2-7,12H,8H2,1H3/t12-/m1/s1. The molecule has 1 aromatic rings. The maximum atomic E-state index is 11.1. The Bertz CT molecular complexity index is 362. The first kappa shape index (κ1) is 9.00. The van der Waals surface area contributed by atoms with E-state index in [-0.39, 0.29) is 11.9 Å². The van der Waals surface area contributed by atoms with E-state index in [1.54, 1.807) is 0 Å². The van der Waals surface area contributed by atoms with Gasteiger partial charge in [-0.05, 0) is 12.5 Å². The lowest BCUT2D eigenvalue weighted by atomic mass is 10.0. The van der Waals surface area contributed by atoms with Gasteiger partial charge in [-0.25, -0.2) is 0 Å². The third-order valence-corrected chi connectivity index (χ3v) is 2.33. The van der Waals surface area contributed by atoms with Gasteiger partial charge in [-0.15, -0.1) is 0 Å². The monoisotopic (exact) mass is 188 g/mol. The number of carbonyl (C=O) groups excluding carboxylic acids is 1. The third-order valence-electron chi connectivity index (χ3n) is 2.33. The zero-order valence-corrected chi connectivity index (χ0v) is 8.07. The summed E-state index contributed by atoms with van der Waals surface area (Å²) < 4.78 is 5.37. The molecule has 0 saturated heterocycles. The van der Waals surface area contributed by atoms with Gasteiger partial charge in [0.05, 0.1) is 12.7 Å². The predicted molar refractivity (Wildman–Crippen MR) is 53.8 cm³/mol. The molecular weight excluding hydrogens is 176 g/mol. The second-order valence-electron chi connectivity index (χ2n) is 3.51. The van der Waals surface area contributed by atoms with Crippen LogP contribution in [0.4, 0.5) is 0 Å². The van der Waals surface area contributed by atoms with Gasteiger partial charge in [0.15, 0.2) is 5.78 Å². The van der Waals surface area contributed by atoms with Crippen molar-refractivity contribution in [2.24, 2.45) is 0 Å². The van der Waals surface area contributed by atoms with Crippen LogP contribution < -0.4 is 0 Å². The minimum Gasteiger partial charge on any atom is -0.493 e. The van der Waals surface area contributed by atoms with Gasteiger partial charge < -0.3 is 4.74 Å². The number of hydrogen-bond donors (Lipinski definition) is 0. The number of ether oxygens (including phenoxy) is 1. The highest BCUT2D eigenvalue weighted by Crippen LogP contribution is 2.24. The van der Waals surface area contributed by atoms with Gasteiger partial charge in [0.1, 0.15) is 6.10 Å². The summed E-state index contributed by atoms with van der Waals surface area (Å²) >= 11 is 0. The van der Waals surface area contributed by atoms with Crippen LogP contribution in [0.15, 0.2) is 36.6 Å². The Labute approximate surface area is 83.2 Å². The molecule has 0 amide bonds. The minimum absolute atomic E-state index is 0.104. The summed E-state index contributed by atoms with van der Waals surface area (Å²) in [6.45, 7) is 2.04. The largest absolute Gasteiger partial charge is 0.493 e. The number of benzene rings is 1. The van der Waals surface area contributed by atoms with Gasteiger partial charge in [-0.3, -0.25) is 4.79 Å². The fraction of sp³-hybridized carbons (Fsp3) is 0.250. The van der Waals surface area contributed by atoms with Crippen molar-refractivity contribution in [3.63, 3.8) is 0 Å². The van der Waals surface area contributed by atoms with E-state index in [0.29, 0.717) is 6.42 Å². The fourth-order valence-electron chi connectivity index (χ4n) is 1.49. The number of ketones is 1. The van der Waals surface area contributed by atoms with Crippen LogP contribution in [0.2, 0.25) is 0 Å². The van der Waals surface area contributed by atoms with Crippen LogP contribution in [-0.4, -0.2) is 5.78 Å². The van der Waals surface area contributed by atoms with E-state index >= 15 is 0 Å². The van der Waals surface area contributed by atoms with Crippen molar-refractivity contribution in [1.29, 1.82) is 0 Å². The number of rotatable bonds is 1. The molecule has 2 nitrogen and oxygen atoms in total. The molecule has 1 aromatic carbocycles. The molecule has 0 fully saturated rings. The Morgan fingerprint density at radius 2 is 2.00 bits per heavy atom. The Hall–Kier alpha value is -1.57. The van der Waals surface area contributed by atoms with Gasteiger partial charge in [-0.1, -0.05) is 29.8 Å². The van der Waals surface area contributed by atoms with Crippen molar-refractivity contribution in [2.45, 2.75) is 19.4 Å². The first-order valence-corrected chi connectivity index (χ1v) is 4.67. The molecule has 1 atom stereocenters.